The quantitative estimate of drug-likeness (QED) is 0.801. The molecule has 7 heteroatoms. The molecule has 0 radical (unpaired) electrons. The van der Waals surface area contributed by atoms with Crippen LogP contribution in [0.5, 0.6) is 0 Å². The summed E-state index contributed by atoms with van der Waals surface area (Å²) in [5, 5.41) is 8.52. The first-order chi connectivity index (χ1) is 9.95. The second-order valence-corrected chi connectivity index (χ2v) is 5.04. The summed E-state index contributed by atoms with van der Waals surface area (Å²) in [4.78, 5) is 11.6. The van der Waals surface area contributed by atoms with Gasteiger partial charge in [-0.3, -0.25) is 0 Å². The highest BCUT2D eigenvalue weighted by atomic mass is 19.4. The van der Waals surface area contributed by atoms with Gasteiger partial charge in [0.25, 0.3) is 0 Å². The highest BCUT2D eigenvalue weighted by molar-refractivity contribution is 5.89. The number of urea groups is 1. The molecule has 2 rings (SSSR count). The highest BCUT2D eigenvalue weighted by Crippen LogP contribution is 2.29. The number of benzene rings is 1. The van der Waals surface area contributed by atoms with E-state index in [2.05, 4.69) is 16.0 Å². The van der Waals surface area contributed by atoms with Crippen LogP contribution in [-0.2, 0) is 6.18 Å². The molecule has 0 bridgehead atoms. The molecule has 2 amide bonds. The maximum Gasteiger partial charge on any atom is 0.416 e. The molecule has 1 aliphatic heterocycles. The van der Waals surface area contributed by atoms with E-state index in [1.54, 1.807) is 0 Å². The summed E-state index contributed by atoms with van der Waals surface area (Å²) in [5.41, 5.74) is -0.403. The summed E-state index contributed by atoms with van der Waals surface area (Å²) in [5.74, 6) is 0. The number of halogens is 3. The standard InChI is InChI=1S/C14H18F3N3O/c15-14(16,17)10-3-5-12(6-4-10)20-13(21)19-9-7-11-2-1-8-18-11/h3-6,11,18H,1-2,7-9H2,(H2,19,20,21)/t11-/m0/s1. The van der Waals surface area contributed by atoms with Crippen LogP contribution in [0.4, 0.5) is 23.7 Å². The monoisotopic (exact) mass is 301 g/mol. The van der Waals surface area contributed by atoms with Crippen LogP contribution in [0, 0.1) is 0 Å². The Hall–Kier alpha value is -1.76. The minimum Gasteiger partial charge on any atom is -0.338 e. The molecular formula is C14H18F3N3O. The summed E-state index contributed by atoms with van der Waals surface area (Å²) in [6, 6.07) is 4.39. The maximum absolute atomic E-state index is 12.4. The van der Waals surface area contributed by atoms with Gasteiger partial charge >= 0.3 is 12.2 Å². The maximum atomic E-state index is 12.4. The SMILES string of the molecule is O=C(NCC[C@@H]1CCCN1)Nc1ccc(C(F)(F)F)cc1. The van der Waals surface area contributed by atoms with Gasteiger partial charge in [-0.05, 0) is 50.1 Å². The lowest BCUT2D eigenvalue weighted by Gasteiger charge is -2.12. The number of rotatable bonds is 4. The number of carbonyl (C=O) groups is 1. The zero-order chi connectivity index (χ0) is 15.3. The third kappa shape index (κ3) is 4.93. The van der Waals surface area contributed by atoms with Crippen LogP contribution in [-0.4, -0.2) is 25.2 Å². The Kier molecular flexibility index (Phi) is 5.06. The Morgan fingerprint density at radius 2 is 2.00 bits per heavy atom. The van der Waals surface area contributed by atoms with Crippen LogP contribution in [0.25, 0.3) is 0 Å². The minimum absolute atomic E-state index is 0.333. The van der Waals surface area contributed by atoms with Crippen molar-refractivity contribution in [3.8, 4) is 0 Å². The van der Waals surface area contributed by atoms with Crippen LogP contribution in [0.15, 0.2) is 24.3 Å². The number of carbonyl (C=O) groups excluding carboxylic acids is 1. The van der Waals surface area contributed by atoms with Crippen LogP contribution in [0.3, 0.4) is 0 Å². The third-order valence-electron chi connectivity index (χ3n) is 3.41. The molecule has 0 aromatic heterocycles. The van der Waals surface area contributed by atoms with Crippen molar-refractivity contribution >= 4 is 11.7 Å². The van der Waals surface area contributed by atoms with Crippen LogP contribution < -0.4 is 16.0 Å². The van der Waals surface area contributed by atoms with E-state index in [0.717, 1.165) is 37.9 Å². The average Bonchev–Trinajstić information content (AvgIpc) is 2.91. The zero-order valence-electron chi connectivity index (χ0n) is 11.5. The van der Waals surface area contributed by atoms with Gasteiger partial charge in [-0.1, -0.05) is 0 Å². The van der Waals surface area contributed by atoms with E-state index >= 15 is 0 Å². The van der Waals surface area contributed by atoms with Crippen LogP contribution in [0.2, 0.25) is 0 Å². The van der Waals surface area contributed by atoms with Gasteiger partial charge in [-0.15, -0.1) is 0 Å². The lowest BCUT2D eigenvalue weighted by molar-refractivity contribution is -0.137. The Labute approximate surface area is 121 Å². The Balaban J connectivity index is 1.74. The molecule has 1 atom stereocenters. The molecule has 0 unspecified atom stereocenters. The minimum atomic E-state index is -4.37. The van der Waals surface area contributed by atoms with Gasteiger partial charge in [0, 0.05) is 18.3 Å². The van der Waals surface area contributed by atoms with Crippen molar-refractivity contribution in [1.29, 1.82) is 0 Å². The summed E-state index contributed by atoms with van der Waals surface area (Å²) >= 11 is 0. The largest absolute Gasteiger partial charge is 0.416 e. The van der Waals surface area contributed by atoms with Crippen LogP contribution >= 0.6 is 0 Å². The van der Waals surface area contributed by atoms with E-state index in [1.165, 1.54) is 12.1 Å². The normalized spacial score (nSPS) is 18.5. The number of hydrogen-bond acceptors (Lipinski definition) is 2. The smallest absolute Gasteiger partial charge is 0.338 e. The molecular weight excluding hydrogens is 283 g/mol. The number of alkyl halides is 3. The van der Waals surface area contributed by atoms with E-state index < -0.39 is 17.8 Å². The zero-order valence-corrected chi connectivity index (χ0v) is 11.5. The molecule has 1 fully saturated rings. The van der Waals surface area contributed by atoms with Crippen molar-refractivity contribution in [2.45, 2.75) is 31.5 Å². The Bertz CT molecular complexity index is 467. The molecule has 0 spiro atoms. The Morgan fingerprint density at radius 1 is 1.29 bits per heavy atom. The number of anilines is 1. The molecule has 1 saturated heterocycles. The van der Waals surface area contributed by atoms with Gasteiger partial charge < -0.3 is 16.0 Å². The molecule has 3 N–H and O–H groups in total. The fraction of sp³-hybridized carbons (Fsp3) is 0.500. The molecule has 4 nitrogen and oxygen atoms in total. The summed E-state index contributed by atoms with van der Waals surface area (Å²) in [7, 11) is 0. The molecule has 1 aliphatic rings. The second-order valence-electron chi connectivity index (χ2n) is 5.04. The van der Waals surface area contributed by atoms with Crippen molar-refractivity contribution < 1.29 is 18.0 Å². The molecule has 116 valence electrons. The van der Waals surface area contributed by atoms with Gasteiger partial charge in [0.2, 0.25) is 0 Å². The summed E-state index contributed by atoms with van der Waals surface area (Å²) in [6.07, 6.45) is -1.25. The molecule has 1 heterocycles. The van der Waals surface area contributed by atoms with E-state index in [9.17, 15) is 18.0 Å². The van der Waals surface area contributed by atoms with Gasteiger partial charge in [-0.2, -0.15) is 13.2 Å². The molecule has 1 aromatic carbocycles. The molecule has 1 aromatic rings. The first kappa shape index (κ1) is 15.6. The van der Waals surface area contributed by atoms with E-state index in [1.807, 2.05) is 0 Å². The molecule has 0 aliphatic carbocycles. The highest BCUT2D eigenvalue weighted by Gasteiger charge is 2.29. The number of nitrogens with one attached hydrogen (secondary N) is 3. The topological polar surface area (TPSA) is 53.2 Å². The van der Waals surface area contributed by atoms with E-state index in [4.69, 9.17) is 0 Å². The lowest BCUT2D eigenvalue weighted by atomic mass is 10.1. The first-order valence-corrected chi connectivity index (χ1v) is 6.90. The van der Waals surface area contributed by atoms with Crippen molar-refractivity contribution in [1.82, 2.24) is 10.6 Å². The fourth-order valence-corrected chi connectivity index (χ4v) is 2.28. The van der Waals surface area contributed by atoms with Gasteiger partial charge in [0.05, 0.1) is 5.56 Å². The van der Waals surface area contributed by atoms with E-state index in [0.29, 0.717) is 18.3 Å². The predicted octanol–water partition coefficient (Wildman–Crippen LogP) is 2.97. The summed E-state index contributed by atoms with van der Waals surface area (Å²) in [6.45, 7) is 1.55. The van der Waals surface area contributed by atoms with Crippen molar-refractivity contribution in [3.63, 3.8) is 0 Å². The van der Waals surface area contributed by atoms with Gasteiger partial charge in [-0.25, -0.2) is 4.79 Å². The third-order valence-corrected chi connectivity index (χ3v) is 3.41. The first-order valence-electron chi connectivity index (χ1n) is 6.90. The van der Waals surface area contributed by atoms with Crippen molar-refractivity contribution in [2.24, 2.45) is 0 Å². The van der Waals surface area contributed by atoms with Crippen molar-refractivity contribution in [3.05, 3.63) is 29.8 Å². The van der Waals surface area contributed by atoms with Crippen molar-refractivity contribution in [2.75, 3.05) is 18.4 Å². The Morgan fingerprint density at radius 3 is 2.57 bits per heavy atom. The summed E-state index contributed by atoms with van der Waals surface area (Å²) < 4.78 is 37.2. The fourth-order valence-electron chi connectivity index (χ4n) is 2.28. The predicted molar refractivity (Wildman–Crippen MR) is 74.1 cm³/mol. The molecule has 21 heavy (non-hydrogen) atoms. The van der Waals surface area contributed by atoms with E-state index in [-0.39, 0.29) is 0 Å². The van der Waals surface area contributed by atoms with Crippen LogP contribution in [0.1, 0.15) is 24.8 Å². The lowest BCUT2D eigenvalue weighted by Crippen LogP contribution is -2.33. The van der Waals surface area contributed by atoms with Gasteiger partial charge in [0.1, 0.15) is 0 Å². The van der Waals surface area contributed by atoms with Gasteiger partial charge in [0.15, 0.2) is 0 Å². The number of hydrogen-bond donors (Lipinski definition) is 3. The second kappa shape index (κ2) is 6.80. The average molecular weight is 301 g/mol. The number of amides is 2. The molecule has 0 saturated carbocycles.